The average Bonchev–Trinajstić information content (AvgIpc) is 2.68. The van der Waals surface area contributed by atoms with Crippen LogP contribution in [0.5, 0.6) is 0 Å². The number of aromatic nitrogens is 2. The van der Waals surface area contributed by atoms with E-state index >= 15 is 0 Å². The highest BCUT2D eigenvalue weighted by atomic mass is 32.2. The van der Waals surface area contributed by atoms with Crippen LogP contribution in [0.4, 0.5) is 18.9 Å². The molecule has 0 fully saturated rings. The molecular weight excluding hydrogens is 407 g/mol. The highest BCUT2D eigenvalue weighted by Crippen LogP contribution is 2.37. The zero-order valence-corrected chi connectivity index (χ0v) is 15.9. The standard InChI is InChI=1S/C19H14F3N3OS2/c20-19(21,22)28-15-5-3-14(4-6-15)25-17(26)16-2-1-9-24-18(16)27-12-13-7-10-23-11-8-13/h1-11H,12H2,(H,25,26). The smallest absolute Gasteiger partial charge is 0.322 e. The zero-order chi connectivity index (χ0) is 20.0. The van der Waals surface area contributed by atoms with Gasteiger partial charge >= 0.3 is 5.51 Å². The van der Waals surface area contributed by atoms with Crippen molar-refractivity contribution in [3.63, 3.8) is 0 Å². The number of carbonyl (C=O) groups excluding carboxylic acids is 1. The van der Waals surface area contributed by atoms with Crippen molar-refractivity contribution in [3.8, 4) is 0 Å². The van der Waals surface area contributed by atoms with Crippen molar-refractivity contribution in [3.05, 3.63) is 78.2 Å². The molecule has 0 bridgehead atoms. The third-order valence-electron chi connectivity index (χ3n) is 3.49. The number of benzene rings is 1. The first-order chi connectivity index (χ1) is 13.4. The van der Waals surface area contributed by atoms with Crippen molar-refractivity contribution in [2.75, 3.05) is 5.32 Å². The minimum absolute atomic E-state index is 0.0560. The Morgan fingerprint density at radius 3 is 2.39 bits per heavy atom. The van der Waals surface area contributed by atoms with Crippen molar-refractivity contribution in [1.82, 2.24) is 9.97 Å². The van der Waals surface area contributed by atoms with E-state index in [4.69, 9.17) is 0 Å². The number of nitrogens with one attached hydrogen (secondary N) is 1. The number of pyridine rings is 2. The Balaban J connectivity index is 1.67. The molecule has 0 saturated carbocycles. The molecule has 2 aromatic heterocycles. The van der Waals surface area contributed by atoms with Crippen LogP contribution in [0.2, 0.25) is 0 Å². The van der Waals surface area contributed by atoms with Gasteiger partial charge in [0.2, 0.25) is 0 Å². The maximum Gasteiger partial charge on any atom is 0.446 e. The molecule has 0 aliphatic carbocycles. The molecule has 144 valence electrons. The summed E-state index contributed by atoms with van der Waals surface area (Å²) in [6.45, 7) is 0. The predicted octanol–water partition coefficient (Wildman–Crippen LogP) is 5.63. The summed E-state index contributed by atoms with van der Waals surface area (Å²) in [5.41, 5.74) is -2.49. The van der Waals surface area contributed by atoms with E-state index in [2.05, 4.69) is 15.3 Å². The second-order valence-corrected chi connectivity index (χ2v) is 7.63. The summed E-state index contributed by atoms with van der Waals surface area (Å²) in [4.78, 5) is 20.9. The summed E-state index contributed by atoms with van der Waals surface area (Å²) < 4.78 is 37.2. The van der Waals surface area contributed by atoms with Gasteiger partial charge in [-0.3, -0.25) is 9.78 Å². The third-order valence-corrected chi connectivity index (χ3v) is 5.30. The van der Waals surface area contributed by atoms with E-state index in [0.717, 1.165) is 5.56 Å². The van der Waals surface area contributed by atoms with Gasteiger partial charge in [0, 0.05) is 34.9 Å². The van der Waals surface area contributed by atoms with Crippen LogP contribution in [0.3, 0.4) is 0 Å². The van der Waals surface area contributed by atoms with Crippen LogP contribution in [0, 0.1) is 0 Å². The van der Waals surface area contributed by atoms with E-state index in [-0.39, 0.29) is 22.6 Å². The number of nitrogens with zero attached hydrogens (tertiary/aromatic N) is 2. The lowest BCUT2D eigenvalue weighted by Crippen LogP contribution is -2.13. The van der Waals surface area contributed by atoms with Crippen molar-refractivity contribution in [2.45, 2.75) is 21.2 Å². The molecule has 28 heavy (non-hydrogen) atoms. The Morgan fingerprint density at radius 1 is 1.00 bits per heavy atom. The predicted molar refractivity (Wildman–Crippen MR) is 104 cm³/mol. The van der Waals surface area contributed by atoms with Gasteiger partial charge in [-0.2, -0.15) is 13.2 Å². The molecule has 0 unspecified atom stereocenters. The number of amides is 1. The third kappa shape index (κ3) is 6.00. The molecule has 3 aromatic rings. The summed E-state index contributed by atoms with van der Waals surface area (Å²) in [7, 11) is 0. The van der Waals surface area contributed by atoms with Crippen LogP contribution in [0.25, 0.3) is 0 Å². The largest absolute Gasteiger partial charge is 0.446 e. The average molecular weight is 421 g/mol. The van der Waals surface area contributed by atoms with Crippen molar-refractivity contribution in [2.24, 2.45) is 0 Å². The lowest BCUT2D eigenvalue weighted by molar-refractivity contribution is -0.0328. The molecule has 4 nitrogen and oxygen atoms in total. The van der Waals surface area contributed by atoms with Crippen LogP contribution in [0.15, 0.2) is 77.0 Å². The monoisotopic (exact) mass is 421 g/mol. The molecule has 0 saturated heterocycles. The number of thioether (sulfide) groups is 2. The summed E-state index contributed by atoms with van der Waals surface area (Å²) in [5.74, 6) is 0.255. The maximum atomic E-state index is 12.6. The summed E-state index contributed by atoms with van der Waals surface area (Å²) in [6, 6.07) is 12.6. The Labute approximate surface area is 168 Å². The number of hydrogen-bond donors (Lipinski definition) is 1. The number of rotatable bonds is 6. The van der Waals surface area contributed by atoms with Gasteiger partial charge in [-0.25, -0.2) is 4.98 Å². The number of alkyl halides is 3. The number of anilines is 1. The van der Waals surface area contributed by atoms with E-state index < -0.39 is 5.51 Å². The van der Waals surface area contributed by atoms with Crippen LogP contribution in [-0.2, 0) is 5.75 Å². The molecule has 9 heteroatoms. The summed E-state index contributed by atoms with van der Waals surface area (Å²) in [5, 5.41) is 3.26. The molecule has 1 aromatic carbocycles. The van der Waals surface area contributed by atoms with E-state index in [1.165, 1.54) is 36.0 Å². The Hall–Kier alpha value is -2.52. The van der Waals surface area contributed by atoms with E-state index in [9.17, 15) is 18.0 Å². The summed E-state index contributed by atoms with van der Waals surface area (Å²) >= 11 is 1.22. The molecule has 0 spiro atoms. The van der Waals surface area contributed by atoms with Gasteiger partial charge in [-0.1, -0.05) is 0 Å². The Kier molecular flexibility index (Phi) is 6.58. The zero-order valence-electron chi connectivity index (χ0n) is 14.3. The van der Waals surface area contributed by atoms with Crippen LogP contribution in [-0.4, -0.2) is 21.4 Å². The Morgan fingerprint density at radius 2 is 1.71 bits per heavy atom. The molecule has 0 aliphatic rings. The van der Waals surface area contributed by atoms with Gasteiger partial charge in [0.1, 0.15) is 5.03 Å². The maximum absolute atomic E-state index is 12.6. The van der Waals surface area contributed by atoms with E-state index in [1.807, 2.05) is 12.1 Å². The number of hydrogen-bond acceptors (Lipinski definition) is 5. The second-order valence-electron chi connectivity index (χ2n) is 5.53. The number of carbonyl (C=O) groups is 1. The first-order valence-electron chi connectivity index (χ1n) is 8.04. The highest BCUT2D eigenvalue weighted by molar-refractivity contribution is 8.00. The topological polar surface area (TPSA) is 54.9 Å². The van der Waals surface area contributed by atoms with Gasteiger partial charge < -0.3 is 5.32 Å². The van der Waals surface area contributed by atoms with Crippen molar-refractivity contribution < 1.29 is 18.0 Å². The van der Waals surface area contributed by atoms with Gasteiger partial charge in [0.05, 0.1) is 5.56 Å². The van der Waals surface area contributed by atoms with Crippen molar-refractivity contribution in [1.29, 1.82) is 0 Å². The van der Waals surface area contributed by atoms with Crippen LogP contribution < -0.4 is 5.32 Å². The molecule has 3 rings (SSSR count). The van der Waals surface area contributed by atoms with Gasteiger partial charge in [0.15, 0.2) is 0 Å². The molecular formula is C19H14F3N3OS2. The fraction of sp³-hybridized carbons (Fsp3) is 0.105. The van der Waals surface area contributed by atoms with Crippen LogP contribution >= 0.6 is 23.5 Å². The first kappa shape index (κ1) is 20.2. The second kappa shape index (κ2) is 9.11. The Bertz CT molecular complexity index is 935. The van der Waals surface area contributed by atoms with Gasteiger partial charge in [0.25, 0.3) is 5.91 Å². The van der Waals surface area contributed by atoms with Gasteiger partial charge in [-0.05, 0) is 65.9 Å². The molecule has 1 amide bonds. The van der Waals surface area contributed by atoms with E-state index in [0.29, 0.717) is 22.0 Å². The summed E-state index contributed by atoms with van der Waals surface area (Å²) in [6.07, 6.45) is 5.00. The highest BCUT2D eigenvalue weighted by Gasteiger charge is 2.29. The SMILES string of the molecule is O=C(Nc1ccc(SC(F)(F)F)cc1)c1cccnc1SCc1ccncc1. The molecule has 2 heterocycles. The fourth-order valence-corrected chi connectivity index (χ4v) is 3.73. The fourth-order valence-electron chi connectivity index (χ4n) is 2.25. The normalized spacial score (nSPS) is 11.2. The van der Waals surface area contributed by atoms with Crippen LogP contribution in [0.1, 0.15) is 15.9 Å². The molecule has 0 atom stereocenters. The number of halogens is 3. The minimum atomic E-state index is -4.35. The molecule has 0 radical (unpaired) electrons. The lowest BCUT2D eigenvalue weighted by atomic mass is 10.2. The first-order valence-corrected chi connectivity index (χ1v) is 9.85. The molecule has 0 aliphatic heterocycles. The lowest BCUT2D eigenvalue weighted by Gasteiger charge is -2.10. The quantitative estimate of drug-likeness (QED) is 0.523. The van der Waals surface area contributed by atoms with E-state index in [1.54, 1.807) is 30.7 Å². The van der Waals surface area contributed by atoms with Gasteiger partial charge in [-0.15, -0.1) is 11.8 Å². The minimum Gasteiger partial charge on any atom is -0.322 e. The molecule has 1 N–H and O–H groups in total. The van der Waals surface area contributed by atoms with Crippen molar-refractivity contribution >= 4 is 35.1 Å².